The number of halogens is 5. The third-order valence-electron chi connectivity index (χ3n) is 5.72. The number of ether oxygens (including phenoxy) is 1. The molecule has 0 radical (unpaired) electrons. The van der Waals surface area contributed by atoms with Crippen LogP contribution in [0.1, 0.15) is 41.2 Å². The number of benzene rings is 3. The van der Waals surface area contributed by atoms with E-state index in [1.807, 2.05) is 0 Å². The number of hydrogen-bond donors (Lipinski definition) is 1. The Morgan fingerprint density at radius 3 is 2.29 bits per heavy atom. The Balaban J connectivity index is 1.78. The van der Waals surface area contributed by atoms with Gasteiger partial charge in [-0.3, -0.25) is 4.79 Å². The molecule has 0 atom stereocenters. The standard InChI is InChI=1S/C27H19F5O3/c1-15-22(21-8-5-19(29)12-24(21)23(15)13-26(33)34)11-17-10-16(2-9-25(17)27(30,31)32)14-35-20-6-3-18(28)4-7-20/h2-12H,13-14H2,1H3,(H,33,34)/b22-11-. The minimum Gasteiger partial charge on any atom is -0.489 e. The maximum absolute atomic E-state index is 13.9. The highest BCUT2D eigenvalue weighted by molar-refractivity contribution is 6.07. The molecule has 8 heteroatoms. The van der Waals surface area contributed by atoms with E-state index in [0.29, 0.717) is 39.2 Å². The van der Waals surface area contributed by atoms with Crippen molar-refractivity contribution in [2.24, 2.45) is 0 Å². The monoisotopic (exact) mass is 486 g/mol. The largest absolute Gasteiger partial charge is 0.489 e. The zero-order valence-corrected chi connectivity index (χ0v) is 18.4. The molecule has 0 unspecified atom stereocenters. The molecular weight excluding hydrogens is 467 g/mol. The van der Waals surface area contributed by atoms with E-state index in [2.05, 4.69) is 0 Å². The lowest BCUT2D eigenvalue weighted by Crippen LogP contribution is -2.08. The molecule has 3 nitrogen and oxygen atoms in total. The molecule has 180 valence electrons. The molecule has 0 bridgehead atoms. The number of hydrogen-bond acceptors (Lipinski definition) is 2. The molecule has 1 aliphatic carbocycles. The lowest BCUT2D eigenvalue weighted by atomic mass is 9.96. The van der Waals surface area contributed by atoms with Gasteiger partial charge in [0, 0.05) is 0 Å². The number of rotatable bonds is 6. The second-order valence-corrected chi connectivity index (χ2v) is 8.08. The van der Waals surface area contributed by atoms with Crippen LogP contribution in [0.3, 0.4) is 0 Å². The van der Waals surface area contributed by atoms with Gasteiger partial charge in [-0.1, -0.05) is 12.1 Å². The molecule has 0 amide bonds. The van der Waals surface area contributed by atoms with Crippen LogP contribution in [0.5, 0.6) is 5.75 Å². The lowest BCUT2D eigenvalue weighted by molar-refractivity contribution is -0.138. The van der Waals surface area contributed by atoms with Crippen molar-refractivity contribution in [3.8, 4) is 5.75 Å². The molecule has 0 aromatic heterocycles. The van der Waals surface area contributed by atoms with Gasteiger partial charge >= 0.3 is 12.1 Å². The second kappa shape index (κ2) is 9.37. The van der Waals surface area contributed by atoms with Crippen molar-refractivity contribution in [2.75, 3.05) is 0 Å². The third kappa shape index (κ3) is 5.26. The third-order valence-corrected chi connectivity index (χ3v) is 5.72. The van der Waals surface area contributed by atoms with E-state index < -0.39 is 35.8 Å². The fraction of sp³-hybridized carbons (Fsp3) is 0.148. The van der Waals surface area contributed by atoms with Gasteiger partial charge in [-0.2, -0.15) is 13.2 Å². The summed E-state index contributed by atoms with van der Waals surface area (Å²) in [7, 11) is 0. The molecule has 0 saturated carbocycles. The highest BCUT2D eigenvalue weighted by Gasteiger charge is 2.34. The summed E-state index contributed by atoms with van der Waals surface area (Å²) in [5.41, 5.74) is 1.44. The number of alkyl halides is 3. The van der Waals surface area contributed by atoms with Gasteiger partial charge in [0.25, 0.3) is 0 Å². The summed E-state index contributed by atoms with van der Waals surface area (Å²) in [6.07, 6.45) is -3.70. The summed E-state index contributed by atoms with van der Waals surface area (Å²) < 4.78 is 74.0. The number of carboxylic acid groups (broad SMARTS) is 1. The predicted octanol–water partition coefficient (Wildman–Crippen LogP) is 7.37. The van der Waals surface area contributed by atoms with Crippen LogP contribution in [0.25, 0.3) is 17.2 Å². The van der Waals surface area contributed by atoms with Crippen molar-refractivity contribution in [1.82, 2.24) is 0 Å². The van der Waals surface area contributed by atoms with Crippen LogP contribution >= 0.6 is 0 Å². The SMILES string of the molecule is CC1=C(CC(=O)O)c2cc(F)ccc2/C1=C\c1cc(COc2ccc(F)cc2)ccc1C(F)(F)F. The molecule has 1 aliphatic rings. The normalized spacial score (nSPS) is 14.4. The van der Waals surface area contributed by atoms with Gasteiger partial charge in [0.2, 0.25) is 0 Å². The fourth-order valence-electron chi connectivity index (χ4n) is 4.07. The molecule has 35 heavy (non-hydrogen) atoms. The van der Waals surface area contributed by atoms with Crippen molar-refractivity contribution in [3.63, 3.8) is 0 Å². The molecule has 0 saturated heterocycles. The van der Waals surface area contributed by atoms with Crippen molar-refractivity contribution in [2.45, 2.75) is 26.1 Å². The first-order valence-corrected chi connectivity index (χ1v) is 10.6. The maximum atomic E-state index is 13.9. The quantitative estimate of drug-likeness (QED) is 0.370. The van der Waals surface area contributed by atoms with Gasteiger partial charge in [0.05, 0.1) is 12.0 Å². The minimum absolute atomic E-state index is 0.0547. The Hall–Kier alpha value is -3.94. The predicted molar refractivity (Wildman–Crippen MR) is 121 cm³/mol. The average molecular weight is 486 g/mol. The molecule has 0 spiro atoms. The summed E-state index contributed by atoms with van der Waals surface area (Å²) in [6.45, 7) is 1.55. The van der Waals surface area contributed by atoms with Crippen LogP contribution in [0.4, 0.5) is 22.0 Å². The van der Waals surface area contributed by atoms with Gasteiger partial charge in [-0.15, -0.1) is 0 Å². The summed E-state index contributed by atoms with van der Waals surface area (Å²) >= 11 is 0. The smallest absolute Gasteiger partial charge is 0.416 e. The highest BCUT2D eigenvalue weighted by Crippen LogP contribution is 2.45. The van der Waals surface area contributed by atoms with E-state index in [1.54, 1.807) is 6.92 Å². The first kappa shape index (κ1) is 24.2. The molecule has 3 aromatic rings. The maximum Gasteiger partial charge on any atom is 0.416 e. The average Bonchev–Trinajstić information content (AvgIpc) is 3.03. The number of aliphatic carboxylic acids is 1. The van der Waals surface area contributed by atoms with Crippen molar-refractivity contribution in [3.05, 3.63) is 106 Å². The number of carboxylic acids is 1. The Morgan fingerprint density at radius 2 is 1.63 bits per heavy atom. The molecule has 0 fully saturated rings. The van der Waals surface area contributed by atoms with Crippen LogP contribution in [-0.4, -0.2) is 11.1 Å². The van der Waals surface area contributed by atoms with Crippen molar-refractivity contribution >= 4 is 23.2 Å². The summed E-state index contributed by atoms with van der Waals surface area (Å²) in [5.74, 6) is -1.79. The van der Waals surface area contributed by atoms with Crippen molar-refractivity contribution in [1.29, 1.82) is 0 Å². The van der Waals surface area contributed by atoms with Gasteiger partial charge in [0.15, 0.2) is 0 Å². The van der Waals surface area contributed by atoms with Gasteiger partial charge < -0.3 is 9.84 Å². The second-order valence-electron chi connectivity index (χ2n) is 8.08. The highest BCUT2D eigenvalue weighted by atomic mass is 19.4. The topological polar surface area (TPSA) is 46.5 Å². The van der Waals surface area contributed by atoms with E-state index in [9.17, 15) is 31.9 Å². The van der Waals surface area contributed by atoms with E-state index in [4.69, 9.17) is 4.74 Å². The zero-order chi connectivity index (χ0) is 25.3. The van der Waals surface area contributed by atoms with E-state index >= 15 is 0 Å². The first-order valence-electron chi connectivity index (χ1n) is 10.6. The molecule has 0 heterocycles. The fourth-order valence-corrected chi connectivity index (χ4v) is 4.07. The van der Waals surface area contributed by atoms with Gasteiger partial charge in [-0.25, -0.2) is 8.78 Å². The summed E-state index contributed by atoms with van der Waals surface area (Å²) in [6, 6.07) is 12.6. The minimum atomic E-state index is -4.64. The zero-order valence-electron chi connectivity index (χ0n) is 18.4. The molecule has 1 N–H and O–H groups in total. The van der Waals surface area contributed by atoms with Gasteiger partial charge in [-0.05, 0) is 101 Å². The molecular formula is C27H19F5O3. The van der Waals surface area contributed by atoms with E-state index in [-0.39, 0.29) is 12.2 Å². The van der Waals surface area contributed by atoms with Crippen LogP contribution in [0.2, 0.25) is 0 Å². The Kier molecular flexibility index (Phi) is 6.47. The Labute approximate surface area is 197 Å². The van der Waals surface area contributed by atoms with Crippen molar-refractivity contribution < 1.29 is 36.6 Å². The molecule has 3 aromatic carbocycles. The molecule has 4 rings (SSSR count). The number of allylic oxidation sites excluding steroid dienone is 2. The number of carbonyl (C=O) groups is 1. The van der Waals surface area contributed by atoms with Crippen LogP contribution in [-0.2, 0) is 17.6 Å². The van der Waals surface area contributed by atoms with Crippen LogP contribution in [0, 0.1) is 11.6 Å². The summed E-state index contributed by atoms with van der Waals surface area (Å²) in [4.78, 5) is 11.4. The van der Waals surface area contributed by atoms with E-state index in [1.165, 1.54) is 60.7 Å². The molecule has 0 aliphatic heterocycles. The summed E-state index contributed by atoms with van der Waals surface area (Å²) in [5, 5.41) is 9.29. The first-order chi connectivity index (χ1) is 16.5. The lowest BCUT2D eigenvalue weighted by Gasteiger charge is -2.14. The van der Waals surface area contributed by atoms with Crippen LogP contribution < -0.4 is 4.74 Å². The Bertz CT molecular complexity index is 1350. The number of fused-ring (bicyclic) bond motifs is 1. The van der Waals surface area contributed by atoms with Crippen LogP contribution in [0.15, 0.2) is 66.2 Å². The van der Waals surface area contributed by atoms with E-state index in [0.717, 1.165) is 6.07 Å². The van der Waals surface area contributed by atoms with Gasteiger partial charge in [0.1, 0.15) is 24.0 Å². The Morgan fingerprint density at radius 1 is 0.943 bits per heavy atom.